The van der Waals surface area contributed by atoms with Crippen molar-refractivity contribution in [1.29, 1.82) is 0 Å². The monoisotopic (exact) mass is 287 g/mol. The van der Waals surface area contributed by atoms with Gasteiger partial charge in [-0.15, -0.1) is 0 Å². The van der Waals surface area contributed by atoms with Gasteiger partial charge in [-0.1, -0.05) is 6.92 Å². The van der Waals surface area contributed by atoms with Gasteiger partial charge in [-0.25, -0.2) is 0 Å². The zero-order chi connectivity index (χ0) is 14.8. The highest BCUT2D eigenvalue weighted by Gasteiger charge is 2.33. The normalized spacial score (nSPS) is 19.9. The second-order valence-electron chi connectivity index (χ2n) is 5.77. The predicted octanol–water partition coefficient (Wildman–Crippen LogP) is 1.62. The highest BCUT2D eigenvalue weighted by molar-refractivity contribution is 5.79. The summed E-state index contributed by atoms with van der Waals surface area (Å²) in [6.07, 6.45) is 9.59. The molecule has 2 aromatic heterocycles. The van der Waals surface area contributed by atoms with Crippen molar-refractivity contribution in [3.8, 4) is 0 Å². The molecule has 0 bridgehead atoms. The maximum absolute atomic E-state index is 12.7. The molecular weight excluding hydrogens is 266 g/mol. The fourth-order valence-corrected chi connectivity index (χ4v) is 3.04. The molecule has 21 heavy (non-hydrogen) atoms. The van der Waals surface area contributed by atoms with Crippen molar-refractivity contribution in [2.45, 2.75) is 32.4 Å². The molecule has 1 amide bonds. The fourth-order valence-electron chi connectivity index (χ4n) is 3.04. The van der Waals surface area contributed by atoms with Crippen LogP contribution in [0.1, 0.15) is 31.4 Å². The van der Waals surface area contributed by atoms with Gasteiger partial charge in [-0.05, 0) is 18.9 Å². The maximum atomic E-state index is 12.7. The Kier molecular flexibility index (Phi) is 3.77. The van der Waals surface area contributed by atoms with Gasteiger partial charge in [0.15, 0.2) is 0 Å². The standard InChI is InChI=1S/C15H21N5O/c1-12(10-19-7-4-6-16-19)15(21)20-8-3-5-14(20)13-9-17-18(2)11-13/h4,6-7,9,11-12,14H,3,5,8,10H2,1-2H3/t12-,14-/m1/s1. The Morgan fingerprint density at radius 1 is 1.48 bits per heavy atom. The van der Waals surface area contributed by atoms with E-state index in [0.717, 1.165) is 24.9 Å². The first kappa shape index (κ1) is 13.9. The number of hydrogen-bond acceptors (Lipinski definition) is 3. The number of rotatable bonds is 4. The molecule has 0 N–H and O–H groups in total. The summed E-state index contributed by atoms with van der Waals surface area (Å²) in [5.41, 5.74) is 1.13. The van der Waals surface area contributed by atoms with Crippen molar-refractivity contribution < 1.29 is 4.79 Å². The summed E-state index contributed by atoms with van der Waals surface area (Å²) in [4.78, 5) is 14.7. The number of carbonyl (C=O) groups excluding carboxylic acids is 1. The first-order valence-electron chi connectivity index (χ1n) is 7.41. The van der Waals surface area contributed by atoms with Gasteiger partial charge in [0, 0.05) is 37.7 Å². The Morgan fingerprint density at radius 2 is 2.33 bits per heavy atom. The van der Waals surface area contributed by atoms with Crippen molar-refractivity contribution in [2.24, 2.45) is 13.0 Å². The first-order chi connectivity index (χ1) is 10.1. The van der Waals surface area contributed by atoms with Crippen LogP contribution in [0, 0.1) is 5.92 Å². The van der Waals surface area contributed by atoms with Gasteiger partial charge in [-0.2, -0.15) is 10.2 Å². The summed E-state index contributed by atoms with van der Waals surface area (Å²) in [5.74, 6) is 0.138. The highest BCUT2D eigenvalue weighted by Crippen LogP contribution is 2.32. The van der Waals surface area contributed by atoms with E-state index in [1.54, 1.807) is 10.9 Å². The van der Waals surface area contributed by atoms with Crippen LogP contribution < -0.4 is 0 Å². The van der Waals surface area contributed by atoms with Crippen LogP contribution in [0.15, 0.2) is 30.9 Å². The summed E-state index contributed by atoms with van der Waals surface area (Å²) < 4.78 is 3.61. The minimum atomic E-state index is -0.0674. The van der Waals surface area contributed by atoms with Crippen LogP contribution in [0.3, 0.4) is 0 Å². The molecule has 1 aliphatic heterocycles. The van der Waals surface area contributed by atoms with Crippen LogP contribution in [-0.4, -0.2) is 36.9 Å². The molecule has 1 saturated heterocycles. The number of amides is 1. The third kappa shape index (κ3) is 2.84. The lowest BCUT2D eigenvalue weighted by molar-refractivity contribution is -0.136. The molecule has 3 rings (SSSR count). The minimum Gasteiger partial charge on any atom is -0.335 e. The Bertz CT molecular complexity index is 603. The molecule has 0 unspecified atom stereocenters. The predicted molar refractivity (Wildman–Crippen MR) is 78.3 cm³/mol. The molecule has 3 heterocycles. The van der Waals surface area contributed by atoms with E-state index in [1.807, 2.05) is 48.2 Å². The number of aromatic nitrogens is 4. The Balaban J connectivity index is 1.70. The molecule has 0 aromatic carbocycles. The Morgan fingerprint density at radius 3 is 3.00 bits per heavy atom. The molecule has 1 fully saturated rings. The van der Waals surface area contributed by atoms with Crippen LogP contribution in [0.25, 0.3) is 0 Å². The first-order valence-corrected chi connectivity index (χ1v) is 7.41. The fraction of sp³-hybridized carbons (Fsp3) is 0.533. The number of aryl methyl sites for hydroxylation is 1. The minimum absolute atomic E-state index is 0.0674. The third-order valence-electron chi connectivity index (χ3n) is 4.09. The summed E-state index contributed by atoms with van der Waals surface area (Å²) >= 11 is 0. The van der Waals surface area contributed by atoms with Crippen LogP contribution in [-0.2, 0) is 18.4 Å². The molecule has 0 saturated carbocycles. The SMILES string of the molecule is C[C@H](Cn1cccn1)C(=O)N1CCC[C@@H]1c1cnn(C)c1. The van der Waals surface area contributed by atoms with Gasteiger partial charge in [0.25, 0.3) is 0 Å². The molecule has 2 atom stereocenters. The molecule has 0 radical (unpaired) electrons. The molecule has 112 valence electrons. The lowest BCUT2D eigenvalue weighted by atomic mass is 10.1. The van der Waals surface area contributed by atoms with E-state index in [-0.39, 0.29) is 17.9 Å². The van der Waals surface area contributed by atoms with E-state index in [0.29, 0.717) is 6.54 Å². The molecule has 6 heteroatoms. The molecule has 6 nitrogen and oxygen atoms in total. The van der Waals surface area contributed by atoms with E-state index in [4.69, 9.17) is 0 Å². The van der Waals surface area contributed by atoms with Crippen molar-refractivity contribution in [3.05, 3.63) is 36.4 Å². The Labute approximate surface area is 124 Å². The number of hydrogen-bond donors (Lipinski definition) is 0. The quantitative estimate of drug-likeness (QED) is 0.858. The van der Waals surface area contributed by atoms with Crippen LogP contribution >= 0.6 is 0 Å². The molecule has 0 spiro atoms. The lowest BCUT2D eigenvalue weighted by Gasteiger charge is -2.27. The average molecular weight is 287 g/mol. The summed E-state index contributed by atoms with van der Waals surface area (Å²) in [7, 11) is 1.91. The van der Waals surface area contributed by atoms with Crippen molar-refractivity contribution in [1.82, 2.24) is 24.5 Å². The molecule has 0 aliphatic carbocycles. The van der Waals surface area contributed by atoms with E-state index in [9.17, 15) is 4.79 Å². The van der Waals surface area contributed by atoms with E-state index >= 15 is 0 Å². The van der Waals surface area contributed by atoms with Crippen LogP contribution in [0.5, 0.6) is 0 Å². The maximum Gasteiger partial charge on any atom is 0.227 e. The van der Waals surface area contributed by atoms with Crippen molar-refractivity contribution in [2.75, 3.05) is 6.54 Å². The smallest absolute Gasteiger partial charge is 0.227 e. The van der Waals surface area contributed by atoms with Gasteiger partial charge in [0.1, 0.15) is 0 Å². The van der Waals surface area contributed by atoms with Crippen LogP contribution in [0.4, 0.5) is 0 Å². The van der Waals surface area contributed by atoms with E-state index in [1.165, 1.54) is 0 Å². The number of nitrogens with zero attached hydrogens (tertiary/aromatic N) is 5. The lowest BCUT2D eigenvalue weighted by Crippen LogP contribution is -2.36. The zero-order valence-electron chi connectivity index (χ0n) is 12.5. The van der Waals surface area contributed by atoms with Gasteiger partial charge in [0.2, 0.25) is 5.91 Å². The summed E-state index contributed by atoms with van der Waals surface area (Å²) in [6.45, 7) is 3.44. The van der Waals surface area contributed by atoms with Gasteiger partial charge in [-0.3, -0.25) is 14.2 Å². The zero-order valence-corrected chi connectivity index (χ0v) is 12.5. The number of likely N-dealkylation sites (tertiary alicyclic amines) is 1. The van der Waals surface area contributed by atoms with E-state index in [2.05, 4.69) is 10.2 Å². The highest BCUT2D eigenvalue weighted by atomic mass is 16.2. The summed E-state index contributed by atoms with van der Waals surface area (Å²) in [6, 6.07) is 2.05. The molecular formula is C15H21N5O. The van der Waals surface area contributed by atoms with E-state index < -0.39 is 0 Å². The second-order valence-corrected chi connectivity index (χ2v) is 5.77. The summed E-state index contributed by atoms with van der Waals surface area (Å²) in [5, 5.41) is 8.40. The van der Waals surface area contributed by atoms with Crippen LogP contribution in [0.2, 0.25) is 0 Å². The van der Waals surface area contributed by atoms with Gasteiger partial charge >= 0.3 is 0 Å². The second kappa shape index (κ2) is 5.71. The Hall–Kier alpha value is -2.11. The number of carbonyl (C=O) groups is 1. The third-order valence-corrected chi connectivity index (χ3v) is 4.09. The van der Waals surface area contributed by atoms with Crippen molar-refractivity contribution in [3.63, 3.8) is 0 Å². The molecule has 1 aliphatic rings. The largest absolute Gasteiger partial charge is 0.335 e. The van der Waals surface area contributed by atoms with Crippen molar-refractivity contribution >= 4 is 5.91 Å². The molecule has 2 aromatic rings. The van der Waals surface area contributed by atoms with Gasteiger partial charge in [0.05, 0.1) is 24.7 Å². The topological polar surface area (TPSA) is 56.0 Å². The van der Waals surface area contributed by atoms with Gasteiger partial charge < -0.3 is 4.90 Å². The average Bonchev–Trinajstić information content (AvgIpc) is 3.17.